The van der Waals surface area contributed by atoms with E-state index in [4.69, 9.17) is 0 Å². The largest absolute Gasteiger partial charge is 0.507 e. The van der Waals surface area contributed by atoms with Gasteiger partial charge in [0.25, 0.3) is 5.91 Å². The van der Waals surface area contributed by atoms with E-state index < -0.39 is 0 Å². The fraction of sp³-hybridized carbons (Fsp3) is 0.500. The summed E-state index contributed by atoms with van der Waals surface area (Å²) in [6, 6.07) is 5.38. The van der Waals surface area contributed by atoms with Crippen LogP contribution in [0.5, 0.6) is 5.75 Å². The lowest BCUT2D eigenvalue weighted by atomic mass is 10.0. The van der Waals surface area contributed by atoms with Crippen molar-refractivity contribution in [3.63, 3.8) is 0 Å². The molecule has 1 aromatic rings. The molecule has 1 aliphatic rings. The van der Waals surface area contributed by atoms with Gasteiger partial charge in [0, 0.05) is 24.7 Å². The number of likely N-dealkylation sites (N-methyl/N-ethyl adjacent to an activating group) is 1. The number of nitrogens with zero attached hydrogens (tertiary/aromatic N) is 2. The molecule has 0 saturated carbocycles. The summed E-state index contributed by atoms with van der Waals surface area (Å²) in [4.78, 5) is 16.4. The van der Waals surface area contributed by atoms with Crippen molar-refractivity contribution in [3.05, 3.63) is 28.2 Å². The van der Waals surface area contributed by atoms with Crippen molar-refractivity contribution in [2.45, 2.75) is 18.9 Å². The summed E-state index contributed by atoms with van der Waals surface area (Å²) in [5, 5.41) is 9.66. The van der Waals surface area contributed by atoms with Gasteiger partial charge in [-0.3, -0.25) is 4.79 Å². The molecule has 19 heavy (non-hydrogen) atoms. The van der Waals surface area contributed by atoms with Crippen LogP contribution in [0.25, 0.3) is 0 Å². The Labute approximate surface area is 122 Å². The van der Waals surface area contributed by atoms with E-state index >= 15 is 0 Å². The summed E-state index contributed by atoms with van der Waals surface area (Å²) in [7, 11) is 4.09. The van der Waals surface area contributed by atoms with E-state index in [0.29, 0.717) is 16.1 Å². The number of hydrogen-bond acceptors (Lipinski definition) is 3. The van der Waals surface area contributed by atoms with Crippen LogP contribution in [0.1, 0.15) is 23.2 Å². The molecule has 104 valence electrons. The minimum Gasteiger partial charge on any atom is -0.507 e. The Hall–Kier alpha value is -1.07. The molecule has 0 aromatic heterocycles. The van der Waals surface area contributed by atoms with Gasteiger partial charge in [0.15, 0.2) is 0 Å². The van der Waals surface area contributed by atoms with E-state index in [1.807, 2.05) is 19.0 Å². The number of halogens is 1. The maximum absolute atomic E-state index is 12.4. The molecule has 1 atom stereocenters. The zero-order chi connectivity index (χ0) is 14.0. The predicted molar refractivity (Wildman–Crippen MR) is 78.4 cm³/mol. The van der Waals surface area contributed by atoms with Gasteiger partial charge in [-0.1, -0.05) is 0 Å². The van der Waals surface area contributed by atoms with Crippen LogP contribution in [-0.4, -0.2) is 54.0 Å². The van der Waals surface area contributed by atoms with Gasteiger partial charge in [-0.05, 0) is 61.1 Å². The molecule has 1 N–H and O–H groups in total. The quantitative estimate of drug-likeness (QED) is 0.907. The molecule has 0 spiro atoms. The highest BCUT2D eigenvalue weighted by atomic mass is 79.9. The number of phenolic OH excluding ortho intramolecular Hbond substituents is 1. The molecule has 0 radical (unpaired) electrons. The molecule has 1 unspecified atom stereocenters. The molecular weight excluding hydrogens is 308 g/mol. The lowest BCUT2D eigenvalue weighted by Crippen LogP contribution is -2.47. The predicted octanol–water partition coefficient (Wildman–Crippen LogP) is 2.32. The summed E-state index contributed by atoms with van der Waals surface area (Å²) in [5.41, 5.74) is 0.542. The number of rotatable bonds is 2. The number of carbonyl (C=O) groups excluding carboxylic acids is 1. The van der Waals surface area contributed by atoms with E-state index in [0.717, 1.165) is 25.9 Å². The molecule has 1 heterocycles. The van der Waals surface area contributed by atoms with Gasteiger partial charge in [-0.25, -0.2) is 0 Å². The normalized spacial score (nSPS) is 19.8. The van der Waals surface area contributed by atoms with Crippen LogP contribution in [0.2, 0.25) is 0 Å². The minimum absolute atomic E-state index is 0.00523. The van der Waals surface area contributed by atoms with E-state index in [9.17, 15) is 9.90 Å². The number of benzene rings is 1. The summed E-state index contributed by atoms with van der Waals surface area (Å²) >= 11 is 3.22. The number of phenols is 1. The highest BCUT2D eigenvalue weighted by Gasteiger charge is 2.25. The first-order valence-corrected chi connectivity index (χ1v) is 7.22. The standard InChI is InChI=1S/C14H19BrN2O2/c1-16(2)11-4-3-7-17(9-11)14(19)10-5-6-12(15)13(18)8-10/h5-6,8,11,18H,3-4,7,9H2,1-2H3. The smallest absolute Gasteiger partial charge is 0.254 e. The molecule has 4 nitrogen and oxygen atoms in total. The highest BCUT2D eigenvalue weighted by molar-refractivity contribution is 9.10. The third kappa shape index (κ3) is 3.28. The summed E-state index contributed by atoms with van der Waals surface area (Å²) in [6.45, 7) is 1.54. The second kappa shape index (κ2) is 5.92. The first-order chi connectivity index (χ1) is 8.99. The van der Waals surface area contributed by atoms with Crippen molar-refractivity contribution < 1.29 is 9.90 Å². The van der Waals surface area contributed by atoms with Crippen molar-refractivity contribution in [2.75, 3.05) is 27.2 Å². The van der Waals surface area contributed by atoms with Gasteiger partial charge in [-0.2, -0.15) is 0 Å². The van der Waals surface area contributed by atoms with E-state index in [-0.39, 0.29) is 11.7 Å². The van der Waals surface area contributed by atoms with Crippen LogP contribution in [0, 0.1) is 0 Å². The number of aromatic hydroxyl groups is 1. The fourth-order valence-corrected chi connectivity index (χ4v) is 2.64. The molecule has 1 aromatic carbocycles. The molecule has 2 rings (SSSR count). The van der Waals surface area contributed by atoms with Gasteiger partial charge < -0.3 is 14.9 Å². The van der Waals surface area contributed by atoms with Crippen LogP contribution < -0.4 is 0 Å². The Kier molecular flexibility index (Phi) is 4.47. The average Bonchev–Trinajstić information content (AvgIpc) is 2.41. The van der Waals surface area contributed by atoms with Gasteiger partial charge in [-0.15, -0.1) is 0 Å². The first kappa shape index (κ1) is 14.3. The van der Waals surface area contributed by atoms with Crippen molar-refractivity contribution >= 4 is 21.8 Å². The number of hydrogen-bond donors (Lipinski definition) is 1. The van der Waals surface area contributed by atoms with Crippen LogP contribution in [0.4, 0.5) is 0 Å². The second-order valence-electron chi connectivity index (χ2n) is 5.18. The lowest BCUT2D eigenvalue weighted by Gasteiger charge is -2.36. The van der Waals surface area contributed by atoms with Gasteiger partial charge in [0.05, 0.1) is 4.47 Å². The van der Waals surface area contributed by atoms with E-state index in [1.165, 1.54) is 6.07 Å². The maximum Gasteiger partial charge on any atom is 0.254 e. The van der Waals surface area contributed by atoms with Crippen LogP contribution in [0.3, 0.4) is 0 Å². The zero-order valence-corrected chi connectivity index (χ0v) is 12.9. The summed E-state index contributed by atoms with van der Waals surface area (Å²) in [6.07, 6.45) is 2.15. The lowest BCUT2D eigenvalue weighted by molar-refractivity contribution is 0.0634. The van der Waals surface area contributed by atoms with Gasteiger partial charge in [0.2, 0.25) is 0 Å². The Balaban J connectivity index is 2.12. The Morgan fingerprint density at radius 2 is 2.21 bits per heavy atom. The maximum atomic E-state index is 12.4. The van der Waals surface area contributed by atoms with Gasteiger partial charge in [0.1, 0.15) is 5.75 Å². The third-order valence-corrected chi connectivity index (χ3v) is 4.28. The Bertz CT molecular complexity index is 477. The minimum atomic E-state index is -0.00523. The second-order valence-corrected chi connectivity index (χ2v) is 6.03. The SMILES string of the molecule is CN(C)C1CCCN(C(=O)c2ccc(Br)c(O)c2)C1. The number of likely N-dealkylation sites (tertiary alicyclic amines) is 1. The fourth-order valence-electron chi connectivity index (χ4n) is 2.39. The number of amides is 1. The molecule has 1 aliphatic heterocycles. The Morgan fingerprint density at radius 3 is 2.84 bits per heavy atom. The van der Waals surface area contributed by atoms with Crippen LogP contribution in [0.15, 0.2) is 22.7 Å². The monoisotopic (exact) mass is 326 g/mol. The van der Waals surface area contributed by atoms with Crippen LogP contribution >= 0.6 is 15.9 Å². The third-order valence-electron chi connectivity index (χ3n) is 3.61. The summed E-state index contributed by atoms with van der Waals surface area (Å²) < 4.78 is 0.605. The van der Waals surface area contributed by atoms with Gasteiger partial charge >= 0.3 is 0 Å². The van der Waals surface area contributed by atoms with Crippen molar-refractivity contribution in [3.8, 4) is 5.75 Å². The van der Waals surface area contributed by atoms with E-state index in [1.54, 1.807) is 12.1 Å². The molecule has 0 aliphatic carbocycles. The molecule has 1 saturated heterocycles. The number of piperidine rings is 1. The molecule has 1 fully saturated rings. The molecular formula is C14H19BrN2O2. The summed E-state index contributed by atoms with van der Waals surface area (Å²) in [5.74, 6) is 0.0985. The van der Waals surface area contributed by atoms with Crippen molar-refractivity contribution in [2.24, 2.45) is 0 Å². The first-order valence-electron chi connectivity index (χ1n) is 6.43. The topological polar surface area (TPSA) is 43.8 Å². The van der Waals surface area contributed by atoms with Crippen molar-refractivity contribution in [1.29, 1.82) is 0 Å². The highest BCUT2D eigenvalue weighted by Crippen LogP contribution is 2.25. The molecule has 0 bridgehead atoms. The molecule has 1 amide bonds. The number of carbonyl (C=O) groups is 1. The average molecular weight is 327 g/mol. The molecule has 5 heteroatoms. The van der Waals surface area contributed by atoms with Crippen LogP contribution in [-0.2, 0) is 0 Å². The van der Waals surface area contributed by atoms with E-state index in [2.05, 4.69) is 20.8 Å². The Morgan fingerprint density at radius 1 is 1.47 bits per heavy atom. The zero-order valence-electron chi connectivity index (χ0n) is 11.3. The van der Waals surface area contributed by atoms with Crippen molar-refractivity contribution in [1.82, 2.24) is 9.80 Å².